The minimum Gasteiger partial charge on any atom is -0.479 e. The fourth-order valence-corrected chi connectivity index (χ4v) is 4.21. The van der Waals surface area contributed by atoms with Crippen molar-refractivity contribution < 1.29 is 23.0 Å². The van der Waals surface area contributed by atoms with Crippen LogP contribution >= 0.6 is 0 Å². The number of benzene rings is 1. The van der Waals surface area contributed by atoms with Gasteiger partial charge in [0.05, 0.1) is 29.7 Å². The molecule has 1 aliphatic heterocycles. The monoisotopic (exact) mass is 475 g/mol. The fourth-order valence-electron chi connectivity index (χ4n) is 4.21. The van der Waals surface area contributed by atoms with E-state index in [1.54, 1.807) is 13.8 Å². The zero-order chi connectivity index (χ0) is 24.6. The summed E-state index contributed by atoms with van der Waals surface area (Å²) in [6.07, 6.45) is -1.71. The summed E-state index contributed by atoms with van der Waals surface area (Å²) in [6.45, 7) is 6.45. The standard InChI is InChI=1S/C24H28F3N5O2/c1-13(15-6-5-7-16(19(15)25)20(26)27)28-21-17-12-18(32-10-8-24(3,33)9-11-32)23(34-4)31-22(17)30-14(2)29-21/h5-7,12-13,20,33H,8-11H2,1-4H3,(H,28,29,30,31)/t13-/m1/s1. The predicted octanol–water partition coefficient (Wildman–Crippen LogP) is 4.94. The highest BCUT2D eigenvalue weighted by Crippen LogP contribution is 2.36. The molecule has 1 saturated heterocycles. The van der Waals surface area contributed by atoms with Crippen LogP contribution < -0.4 is 15.0 Å². The van der Waals surface area contributed by atoms with E-state index in [2.05, 4.69) is 25.2 Å². The van der Waals surface area contributed by atoms with Crippen LogP contribution in [0.4, 0.5) is 24.7 Å². The maximum atomic E-state index is 14.7. The normalized spacial score (nSPS) is 16.7. The molecule has 34 heavy (non-hydrogen) atoms. The lowest BCUT2D eigenvalue weighted by Crippen LogP contribution is -2.42. The molecule has 0 amide bonds. The number of nitrogens with zero attached hydrogens (tertiary/aromatic N) is 4. The molecule has 3 aromatic rings. The Kier molecular flexibility index (Phi) is 6.53. The van der Waals surface area contributed by atoms with Gasteiger partial charge in [0, 0.05) is 18.7 Å². The molecule has 3 heterocycles. The number of rotatable bonds is 6. The van der Waals surface area contributed by atoms with E-state index in [0.29, 0.717) is 54.5 Å². The minimum atomic E-state index is -2.90. The van der Waals surface area contributed by atoms with Crippen molar-refractivity contribution in [1.82, 2.24) is 15.0 Å². The summed E-state index contributed by atoms with van der Waals surface area (Å²) < 4.78 is 46.6. The average molecular weight is 476 g/mol. The van der Waals surface area contributed by atoms with Gasteiger partial charge in [-0.2, -0.15) is 4.98 Å². The Labute approximate surface area is 196 Å². The second-order valence-corrected chi connectivity index (χ2v) is 8.91. The fraction of sp³-hybridized carbons (Fsp3) is 0.458. The van der Waals surface area contributed by atoms with Gasteiger partial charge >= 0.3 is 0 Å². The van der Waals surface area contributed by atoms with E-state index in [4.69, 9.17) is 4.74 Å². The molecule has 10 heteroatoms. The number of halogens is 3. The van der Waals surface area contributed by atoms with Gasteiger partial charge < -0.3 is 20.1 Å². The Morgan fingerprint density at radius 2 is 1.82 bits per heavy atom. The first-order valence-electron chi connectivity index (χ1n) is 11.1. The van der Waals surface area contributed by atoms with Crippen LogP contribution in [-0.2, 0) is 0 Å². The second kappa shape index (κ2) is 9.25. The average Bonchev–Trinajstić information content (AvgIpc) is 2.78. The van der Waals surface area contributed by atoms with E-state index in [1.807, 2.05) is 13.0 Å². The molecule has 1 fully saturated rings. The third kappa shape index (κ3) is 4.72. The third-order valence-electron chi connectivity index (χ3n) is 6.23. The number of fused-ring (bicyclic) bond motifs is 1. The summed E-state index contributed by atoms with van der Waals surface area (Å²) in [5, 5.41) is 14.1. The van der Waals surface area contributed by atoms with Crippen molar-refractivity contribution in [3.63, 3.8) is 0 Å². The zero-order valence-corrected chi connectivity index (χ0v) is 19.6. The van der Waals surface area contributed by atoms with Crippen molar-refractivity contribution in [2.75, 3.05) is 30.4 Å². The molecule has 182 valence electrons. The minimum absolute atomic E-state index is 0.113. The number of pyridine rings is 1. The predicted molar refractivity (Wildman–Crippen MR) is 124 cm³/mol. The maximum absolute atomic E-state index is 14.7. The molecule has 2 aromatic heterocycles. The van der Waals surface area contributed by atoms with Crippen LogP contribution in [0.25, 0.3) is 11.0 Å². The molecule has 0 spiro atoms. The van der Waals surface area contributed by atoms with E-state index in [9.17, 15) is 18.3 Å². The van der Waals surface area contributed by atoms with Crippen molar-refractivity contribution in [3.8, 4) is 5.88 Å². The number of aliphatic hydroxyl groups is 1. The number of methoxy groups -OCH3 is 1. The summed E-state index contributed by atoms with van der Waals surface area (Å²) in [7, 11) is 1.53. The highest BCUT2D eigenvalue weighted by molar-refractivity contribution is 5.90. The molecule has 0 radical (unpaired) electrons. The van der Waals surface area contributed by atoms with Gasteiger partial charge in [0.2, 0.25) is 5.88 Å². The number of anilines is 2. The molecule has 4 rings (SSSR count). The SMILES string of the molecule is COc1nc2nc(C)nc(N[C@H](C)c3cccc(C(F)F)c3F)c2cc1N1CCC(C)(O)CC1. The number of aryl methyl sites for hydroxylation is 1. The Bertz CT molecular complexity index is 1190. The quantitative estimate of drug-likeness (QED) is 0.522. The van der Waals surface area contributed by atoms with E-state index < -0.39 is 29.4 Å². The van der Waals surface area contributed by atoms with Gasteiger partial charge in [-0.1, -0.05) is 18.2 Å². The lowest BCUT2D eigenvalue weighted by Gasteiger charge is -2.37. The third-order valence-corrected chi connectivity index (χ3v) is 6.23. The summed E-state index contributed by atoms with van der Waals surface area (Å²) >= 11 is 0. The van der Waals surface area contributed by atoms with Crippen LogP contribution in [0.2, 0.25) is 0 Å². The van der Waals surface area contributed by atoms with E-state index in [0.717, 1.165) is 11.8 Å². The Morgan fingerprint density at radius 1 is 1.15 bits per heavy atom. The summed E-state index contributed by atoms with van der Waals surface area (Å²) in [5.41, 5.74) is -0.104. The van der Waals surface area contributed by atoms with Crippen molar-refractivity contribution in [2.45, 2.75) is 51.7 Å². The van der Waals surface area contributed by atoms with Crippen LogP contribution in [0.3, 0.4) is 0 Å². The van der Waals surface area contributed by atoms with Gasteiger partial charge in [0.1, 0.15) is 23.1 Å². The first-order valence-corrected chi connectivity index (χ1v) is 11.1. The van der Waals surface area contributed by atoms with E-state index >= 15 is 0 Å². The number of alkyl halides is 2. The molecule has 7 nitrogen and oxygen atoms in total. The first-order chi connectivity index (χ1) is 16.1. The van der Waals surface area contributed by atoms with Crippen LogP contribution in [0.15, 0.2) is 24.3 Å². The topological polar surface area (TPSA) is 83.4 Å². The van der Waals surface area contributed by atoms with Gasteiger partial charge in [-0.3, -0.25) is 0 Å². The Hall–Kier alpha value is -3.14. The molecule has 1 atom stereocenters. The molecule has 0 saturated carbocycles. The van der Waals surface area contributed by atoms with Crippen LogP contribution in [0, 0.1) is 12.7 Å². The Balaban J connectivity index is 1.74. The second-order valence-electron chi connectivity index (χ2n) is 8.91. The largest absolute Gasteiger partial charge is 0.479 e. The smallest absolute Gasteiger partial charge is 0.266 e. The number of hydrogen-bond donors (Lipinski definition) is 2. The van der Waals surface area contributed by atoms with E-state index in [-0.39, 0.29) is 5.56 Å². The molecule has 2 N–H and O–H groups in total. The van der Waals surface area contributed by atoms with Gasteiger partial charge in [0.15, 0.2) is 5.65 Å². The molecule has 1 aromatic carbocycles. The summed E-state index contributed by atoms with van der Waals surface area (Å²) in [5.74, 6) is 0.327. The highest BCUT2D eigenvalue weighted by atomic mass is 19.3. The molecule has 0 aliphatic carbocycles. The van der Waals surface area contributed by atoms with Crippen LogP contribution in [-0.4, -0.2) is 45.9 Å². The number of ether oxygens (including phenoxy) is 1. The van der Waals surface area contributed by atoms with Crippen molar-refractivity contribution in [3.05, 3.63) is 47.0 Å². The lowest BCUT2D eigenvalue weighted by molar-refractivity contribution is 0.0350. The zero-order valence-electron chi connectivity index (χ0n) is 19.6. The van der Waals surface area contributed by atoms with Crippen molar-refractivity contribution in [2.24, 2.45) is 0 Å². The van der Waals surface area contributed by atoms with Gasteiger partial charge in [0.25, 0.3) is 6.43 Å². The molecule has 0 unspecified atom stereocenters. The first kappa shape index (κ1) is 24.0. The van der Waals surface area contributed by atoms with Gasteiger partial charge in [-0.25, -0.2) is 23.1 Å². The lowest BCUT2D eigenvalue weighted by atomic mass is 9.93. The number of aromatic nitrogens is 3. The van der Waals surface area contributed by atoms with Crippen LogP contribution in [0.5, 0.6) is 5.88 Å². The molecular weight excluding hydrogens is 447 g/mol. The number of piperidine rings is 1. The van der Waals surface area contributed by atoms with Crippen molar-refractivity contribution >= 4 is 22.5 Å². The van der Waals surface area contributed by atoms with Gasteiger partial charge in [-0.15, -0.1) is 0 Å². The van der Waals surface area contributed by atoms with E-state index in [1.165, 1.54) is 19.2 Å². The van der Waals surface area contributed by atoms with Crippen LogP contribution in [0.1, 0.15) is 56.1 Å². The number of hydrogen-bond acceptors (Lipinski definition) is 7. The summed E-state index contributed by atoms with van der Waals surface area (Å²) in [4.78, 5) is 15.6. The molecule has 1 aliphatic rings. The maximum Gasteiger partial charge on any atom is 0.266 e. The molecular formula is C24H28F3N5O2. The summed E-state index contributed by atoms with van der Waals surface area (Å²) in [6, 6.07) is 5.19. The van der Waals surface area contributed by atoms with Gasteiger partial charge in [-0.05, 0) is 39.7 Å². The van der Waals surface area contributed by atoms with Crippen molar-refractivity contribution in [1.29, 1.82) is 0 Å². The molecule has 0 bridgehead atoms. The Morgan fingerprint density at radius 3 is 2.47 bits per heavy atom. The highest BCUT2D eigenvalue weighted by Gasteiger charge is 2.29. The number of nitrogens with one attached hydrogen (secondary N) is 1.